The first-order valence-corrected chi connectivity index (χ1v) is 30.5. The third-order valence-electron chi connectivity index (χ3n) is 11.5. The van der Waals surface area contributed by atoms with Crippen molar-refractivity contribution in [1.29, 1.82) is 0 Å². The molecule has 354 valence electrons. The summed E-state index contributed by atoms with van der Waals surface area (Å²) in [6.45, 7) is 0. The third kappa shape index (κ3) is 12.8. The van der Waals surface area contributed by atoms with Crippen molar-refractivity contribution in [3.05, 3.63) is 166 Å². The van der Waals surface area contributed by atoms with Gasteiger partial charge in [-0.2, -0.15) is 0 Å². The molecule has 2 aliphatic rings. The number of hydrogen-bond donors (Lipinski definition) is 2. The van der Waals surface area contributed by atoms with Crippen LogP contribution < -0.4 is 67.9 Å². The summed E-state index contributed by atoms with van der Waals surface area (Å²) in [5.41, 5.74) is 22.0. The molecule has 0 fully saturated rings. The second-order valence-electron chi connectivity index (χ2n) is 17.8. The smallest absolute Gasteiger partial charge is 0.132 e. The van der Waals surface area contributed by atoms with Crippen molar-refractivity contribution < 1.29 is 67.9 Å². The van der Waals surface area contributed by atoms with Gasteiger partial charge in [0, 0.05) is 66.6 Å². The Morgan fingerprint density at radius 2 is 0.515 bits per heavy atom. The minimum atomic E-state index is 0. The van der Waals surface area contributed by atoms with Gasteiger partial charge in [0.05, 0.1) is 72.8 Å². The zero-order chi connectivity index (χ0) is 44.5. The second-order valence-corrected chi connectivity index (χ2v) is 26.8. The van der Waals surface area contributed by atoms with Crippen molar-refractivity contribution in [1.82, 2.24) is 19.9 Å². The van der Waals surface area contributed by atoms with E-state index in [4.69, 9.17) is 9.97 Å². The molecule has 0 spiro atoms. The van der Waals surface area contributed by atoms with Crippen LogP contribution in [0.3, 0.4) is 0 Å². The maximum Gasteiger partial charge on any atom is 0.132 e. The van der Waals surface area contributed by atoms with E-state index < -0.39 is 0 Å². The van der Waals surface area contributed by atoms with E-state index in [1.54, 1.807) is 0 Å². The van der Waals surface area contributed by atoms with E-state index in [0.29, 0.717) is 43.6 Å². The summed E-state index contributed by atoms with van der Waals surface area (Å²) in [6.07, 6.45) is 27.2. The molecule has 7 aromatic rings. The number of rotatable bonds is 12. The molecule has 0 unspecified atom stereocenters. The largest absolute Gasteiger partial charge is 1.00 e. The maximum atomic E-state index is 5.55. The van der Waals surface area contributed by atoms with Gasteiger partial charge in [0.1, 0.15) is 23.0 Å². The number of nitrogens with zero attached hydrogens (tertiary/aromatic N) is 2. The van der Waals surface area contributed by atoms with Gasteiger partial charge in [0.15, 0.2) is 0 Å². The fourth-order valence-electron chi connectivity index (χ4n) is 8.82. The molecule has 0 atom stereocenters. The van der Waals surface area contributed by atoms with Crippen LogP contribution in [0.25, 0.3) is 90.9 Å². The number of hydrogen-bond acceptors (Lipinski definition) is 2. The molecule has 68 heavy (non-hydrogen) atoms. The van der Waals surface area contributed by atoms with Gasteiger partial charge in [-0.05, 0) is 114 Å². The normalized spacial score (nSPS) is 11.7. The Hall–Kier alpha value is -3.20. The molecule has 5 heterocycles. The number of aromatic amines is 2. The van der Waals surface area contributed by atoms with Crippen molar-refractivity contribution >= 4 is 90.0 Å². The molecule has 12 heteroatoms. The standard InChI is InChI=1S/C56H58N4S4.4BrH/c1-61(2)33-37-9-17-41(18-10-37)53-45-25-27-47(57-45)54(42-19-11-38(12-20-42)34-62(3)4)49-29-31-51(59-49)56(44-23-15-40(16-24-44)36-64(7)8)52-32-30-50(60-52)55(48-28-26-46(53)58-48)43-21-13-39(14-22-43)35-63(5)6;;;;/h9-32,57-58H,33-36H2,1-8H3;4*1H/q+4;;;;/p-4. The molecule has 4 nitrogen and oxygen atoms in total. The van der Waals surface area contributed by atoms with Crippen LogP contribution in [-0.4, -0.2) is 70.0 Å². The van der Waals surface area contributed by atoms with E-state index in [2.05, 4.69) is 206 Å². The summed E-state index contributed by atoms with van der Waals surface area (Å²) < 4.78 is 0. The fraction of sp³-hybridized carbons (Fsp3) is 0.214. The predicted molar refractivity (Wildman–Crippen MR) is 292 cm³/mol. The third-order valence-corrected chi connectivity index (χ3v) is 15.2. The maximum absolute atomic E-state index is 5.55. The second kappa shape index (κ2) is 24.8. The first-order valence-electron chi connectivity index (χ1n) is 21.7. The number of aromatic nitrogens is 4. The molecule has 9 rings (SSSR count). The zero-order valence-corrected chi connectivity index (χ0v) is 49.3. The van der Waals surface area contributed by atoms with Crippen LogP contribution >= 0.6 is 0 Å². The lowest BCUT2D eigenvalue weighted by atomic mass is 10.0. The van der Waals surface area contributed by atoms with Crippen LogP contribution in [-0.2, 0) is 66.6 Å². The van der Waals surface area contributed by atoms with Crippen molar-refractivity contribution in [3.63, 3.8) is 0 Å². The summed E-state index contributed by atoms with van der Waals surface area (Å²) >= 11 is 0. The molecule has 0 aliphatic carbocycles. The van der Waals surface area contributed by atoms with E-state index in [1.807, 2.05) is 0 Å². The first-order chi connectivity index (χ1) is 30.9. The SMILES string of the molecule is C[S+](C)Cc1ccc(-c2c3nc(c(-c4ccc(C[S+](C)C)cc4)c4ccc([nH]4)c(-c4ccc(C[S+](C)C)cc4)c4ccc([nH]4)c(-c4ccc(C[S+](C)C)cc4)c4nc2C=C4)C=C3)cc1.[Br-].[Br-].[Br-].[Br-]. The van der Waals surface area contributed by atoms with E-state index >= 15 is 0 Å². The van der Waals surface area contributed by atoms with Crippen molar-refractivity contribution in [2.45, 2.75) is 23.0 Å². The van der Waals surface area contributed by atoms with Crippen LogP contribution in [0.1, 0.15) is 45.0 Å². The Balaban J connectivity index is 0.00000216. The van der Waals surface area contributed by atoms with Crippen molar-refractivity contribution in [2.75, 3.05) is 50.0 Å². The highest BCUT2D eigenvalue weighted by Gasteiger charge is 2.21. The van der Waals surface area contributed by atoms with Gasteiger partial charge in [0.25, 0.3) is 0 Å². The summed E-state index contributed by atoms with van der Waals surface area (Å²) in [5.74, 6) is 4.28. The average molecular weight is 1230 g/mol. The molecule has 2 aliphatic heterocycles. The van der Waals surface area contributed by atoms with Gasteiger partial charge < -0.3 is 77.9 Å². The number of H-pyrrole nitrogens is 2. The Morgan fingerprint density at radius 3 is 0.779 bits per heavy atom. The Kier molecular flexibility index (Phi) is 20.3. The van der Waals surface area contributed by atoms with Gasteiger partial charge in [-0.3, -0.25) is 0 Å². The van der Waals surface area contributed by atoms with Crippen LogP contribution in [0.4, 0.5) is 0 Å². The highest BCUT2D eigenvalue weighted by atomic mass is 79.9. The molecule has 0 saturated heterocycles. The lowest BCUT2D eigenvalue weighted by Gasteiger charge is -2.08. The molecule has 2 N–H and O–H groups in total. The van der Waals surface area contributed by atoms with Crippen LogP contribution in [0.2, 0.25) is 0 Å². The molecular formula is C56H58Br4N4S4. The van der Waals surface area contributed by atoms with Crippen LogP contribution in [0.15, 0.2) is 121 Å². The Bertz CT molecular complexity index is 2890. The zero-order valence-electron chi connectivity index (χ0n) is 39.7. The number of fused-ring (bicyclic) bond motifs is 8. The molecule has 0 saturated carbocycles. The molecular weight excluding hydrogens is 1180 g/mol. The monoisotopic (exact) mass is 1230 g/mol. The molecule has 0 amide bonds. The Morgan fingerprint density at radius 1 is 0.294 bits per heavy atom. The molecule has 4 aromatic carbocycles. The summed E-state index contributed by atoms with van der Waals surface area (Å²) in [6, 6.07) is 45.5. The van der Waals surface area contributed by atoms with E-state index in [1.165, 1.54) is 22.3 Å². The van der Waals surface area contributed by atoms with E-state index in [9.17, 15) is 0 Å². The Labute approximate surface area is 457 Å². The van der Waals surface area contributed by atoms with Crippen molar-refractivity contribution in [2.24, 2.45) is 0 Å². The molecule has 8 bridgehead atoms. The van der Waals surface area contributed by atoms with E-state index in [0.717, 1.165) is 112 Å². The lowest BCUT2D eigenvalue weighted by molar-refractivity contribution is -0.00100. The summed E-state index contributed by atoms with van der Waals surface area (Å²) in [7, 11) is 1.24. The average Bonchev–Trinajstić information content (AvgIpc) is 4.11. The minimum Gasteiger partial charge on any atom is -1.00 e. The first kappa shape index (κ1) is 55.7. The lowest BCUT2D eigenvalue weighted by Crippen LogP contribution is -3.00. The fourth-order valence-corrected chi connectivity index (χ4v) is 12.3. The van der Waals surface area contributed by atoms with Gasteiger partial charge in [-0.15, -0.1) is 0 Å². The summed E-state index contributed by atoms with van der Waals surface area (Å²) in [4.78, 5) is 19.0. The summed E-state index contributed by atoms with van der Waals surface area (Å²) in [5, 5.41) is 0. The number of halogens is 4. The number of nitrogens with one attached hydrogen (secondary N) is 2. The molecule has 0 radical (unpaired) electrons. The number of benzene rings is 4. The minimum absolute atomic E-state index is 0. The quantitative estimate of drug-likeness (QED) is 0.179. The topological polar surface area (TPSA) is 57.4 Å². The van der Waals surface area contributed by atoms with Gasteiger partial charge in [-0.1, -0.05) is 97.1 Å². The van der Waals surface area contributed by atoms with Crippen LogP contribution in [0, 0.1) is 0 Å². The molecule has 3 aromatic heterocycles. The highest BCUT2D eigenvalue weighted by Crippen LogP contribution is 2.39. The van der Waals surface area contributed by atoms with Crippen molar-refractivity contribution in [3.8, 4) is 44.5 Å². The van der Waals surface area contributed by atoms with Crippen LogP contribution in [0.5, 0.6) is 0 Å². The highest BCUT2D eigenvalue weighted by molar-refractivity contribution is 7.95. The van der Waals surface area contributed by atoms with E-state index in [-0.39, 0.29) is 67.9 Å². The predicted octanol–water partition coefficient (Wildman–Crippen LogP) is 0.851. The van der Waals surface area contributed by atoms with Gasteiger partial charge in [-0.25, -0.2) is 9.97 Å². The van der Waals surface area contributed by atoms with Gasteiger partial charge in [0.2, 0.25) is 0 Å². The van der Waals surface area contributed by atoms with Gasteiger partial charge >= 0.3 is 0 Å².